The molecular formula is C14H14BrFO. The van der Waals surface area contributed by atoms with Gasteiger partial charge in [0.2, 0.25) is 0 Å². The fourth-order valence-corrected chi connectivity index (χ4v) is 1.44. The van der Waals surface area contributed by atoms with Crippen molar-refractivity contribution in [3.8, 4) is 5.75 Å². The number of hydrogen-bond donors (Lipinski definition) is 0. The normalized spacial score (nSPS) is 11.9. The lowest BCUT2D eigenvalue weighted by atomic mass is 10.2. The second-order valence-corrected chi connectivity index (χ2v) is 4.43. The van der Waals surface area contributed by atoms with Crippen molar-refractivity contribution in [1.82, 2.24) is 0 Å². The first-order valence-electron chi connectivity index (χ1n) is 5.15. The Bertz CT molecular complexity index is 475. The van der Waals surface area contributed by atoms with Crippen LogP contribution in [0.25, 0.3) is 0 Å². The molecule has 90 valence electrons. The summed E-state index contributed by atoms with van der Waals surface area (Å²) in [6.45, 7) is 7.54. The molecule has 1 aromatic rings. The Kier molecular flexibility index (Phi) is 5.16. The largest absolute Gasteiger partial charge is 0.457 e. The number of halogens is 2. The molecule has 0 aliphatic heterocycles. The monoisotopic (exact) mass is 296 g/mol. The van der Waals surface area contributed by atoms with Gasteiger partial charge in [0.1, 0.15) is 17.3 Å². The van der Waals surface area contributed by atoms with Gasteiger partial charge < -0.3 is 4.74 Å². The lowest BCUT2D eigenvalue weighted by Gasteiger charge is -2.07. The molecule has 0 spiro atoms. The molecule has 0 heterocycles. The molecule has 0 radical (unpaired) electrons. The van der Waals surface area contributed by atoms with E-state index in [0.29, 0.717) is 16.0 Å². The highest BCUT2D eigenvalue weighted by molar-refractivity contribution is 9.10. The first kappa shape index (κ1) is 13.7. The Morgan fingerprint density at radius 1 is 1.47 bits per heavy atom. The van der Waals surface area contributed by atoms with Crippen LogP contribution in [0.4, 0.5) is 4.39 Å². The average molecular weight is 297 g/mol. The van der Waals surface area contributed by atoms with Gasteiger partial charge in [-0.05, 0) is 54.1 Å². The molecule has 3 heteroatoms. The van der Waals surface area contributed by atoms with E-state index in [1.54, 1.807) is 24.3 Å². The summed E-state index contributed by atoms with van der Waals surface area (Å²) in [5, 5.41) is 0. The van der Waals surface area contributed by atoms with Crippen LogP contribution in [-0.2, 0) is 0 Å². The minimum absolute atomic E-state index is 0.349. The van der Waals surface area contributed by atoms with E-state index in [1.807, 2.05) is 19.9 Å². The molecule has 0 aromatic heterocycles. The van der Waals surface area contributed by atoms with Crippen LogP contribution >= 0.6 is 15.9 Å². The maximum atomic E-state index is 13.3. The molecule has 1 aromatic carbocycles. The summed E-state index contributed by atoms with van der Waals surface area (Å²) >= 11 is 3.09. The summed E-state index contributed by atoms with van der Waals surface area (Å²) in [4.78, 5) is 0. The topological polar surface area (TPSA) is 9.23 Å². The van der Waals surface area contributed by atoms with Crippen LogP contribution in [0.3, 0.4) is 0 Å². The molecule has 1 rings (SSSR count). The molecular weight excluding hydrogens is 283 g/mol. The SMILES string of the molecule is C=C(C)/C=C(\C=C/C)Oc1ccc(Br)c(F)c1. The van der Waals surface area contributed by atoms with Gasteiger partial charge in [0.25, 0.3) is 0 Å². The summed E-state index contributed by atoms with van der Waals surface area (Å²) in [5.41, 5.74) is 0.871. The van der Waals surface area contributed by atoms with Crippen molar-refractivity contribution in [3.63, 3.8) is 0 Å². The summed E-state index contributed by atoms with van der Waals surface area (Å²) in [6, 6.07) is 4.64. The van der Waals surface area contributed by atoms with E-state index in [1.165, 1.54) is 6.07 Å². The lowest BCUT2D eigenvalue weighted by Crippen LogP contribution is -1.93. The fraction of sp³-hybridized carbons (Fsp3) is 0.143. The molecule has 0 bridgehead atoms. The number of benzene rings is 1. The van der Waals surface area contributed by atoms with Gasteiger partial charge in [0.05, 0.1) is 4.47 Å². The van der Waals surface area contributed by atoms with E-state index >= 15 is 0 Å². The Morgan fingerprint density at radius 2 is 2.18 bits per heavy atom. The summed E-state index contributed by atoms with van der Waals surface area (Å²) in [7, 11) is 0. The molecule has 0 atom stereocenters. The van der Waals surface area contributed by atoms with Crippen molar-refractivity contribution < 1.29 is 9.13 Å². The third-order valence-electron chi connectivity index (χ3n) is 1.85. The van der Waals surface area contributed by atoms with Crippen LogP contribution in [0.5, 0.6) is 5.75 Å². The van der Waals surface area contributed by atoms with Crippen molar-refractivity contribution in [1.29, 1.82) is 0 Å². The summed E-state index contributed by atoms with van der Waals surface area (Å²) in [6.07, 6.45) is 5.44. The minimum atomic E-state index is -0.349. The van der Waals surface area contributed by atoms with Crippen LogP contribution in [-0.4, -0.2) is 0 Å². The first-order valence-corrected chi connectivity index (χ1v) is 5.95. The van der Waals surface area contributed by atoms with Crippen molar-refractivity contribution in [2.75, 3.05) is 0 Å². The standard InChI is InChI=1S/C14H14BrFO/c1-4-5-11(8-10(2)3)17-12-6-7-13(15)14(16)9-12/h4-9H,2H2,1,3H3/b5-4-,11-8+. The Hall–Kier alpha value is -1.35. The van der Waals surface area contributed by atoms with E-state index in [2.05, 4.69) is 22.5 Å². The highest BCUT2D eigenvalue weighted by atomic mass is 79.9. The van der Waals surface area contributed by atoms with E-state index in [4.69, 9.17) is 4.74 Å². The zero-order chi connectivity index (χ0) is 12.8. The third kappa shape index (κ3) is 4.57. The zero-order valence-corrected chi connectivity index (χ0v) is 11.4. The van der Waals surface area contributed by atoms with E-state index in [-0.39, 0.29) is 5.82 Å². The van der Waals surface area contributed by atoms with Crippen LogP contribution in [0, 0.1) is 5.82 Å². The van der Waals surface area contributed by atoms with Crippen LogP contribution < -0.4 is 4.74 Å². The van der Waals surface area contributed by atoms with Crippen molar-refractivity contribution in [3.05, 3.63) is 64.6 Å². The van der Waals surface area contributed by atoms with Crippen molar-refractivity contribution in [2.24, 2.45) is 0 Å². The molecule has 1 nitrogen and oxygen atoms in total. The molecule has 0 amide bonds. The molecule has 17 heavy (non-hydrogen) atoms. The van der Waals surface area contributed by atoms with E-state index in [0.717, 1.165) is 5.57 Å². The number of rotatable bonds is 4. The predicted molar refractivity (Wildman–Crippen MR) is 72.4 cm³/mol. The lowest BCUT2D eigenvalue weighted by molar-refractivity contribution is 0.439. The van der Waals surface area contributed by atoms with E-state index < -0.39 is 0 Å². The molecule has 0 N–H and O–H groups in total. The van der Waals surface area contributed by atoms with Crippen molar-refractivity contribution >= 4 is 15.9 Å². The minimum Gasteiger partial charge on any atom is -0.457 e. The smallest absolute Gasteiger partial charge is 0.141 e. The molecule has 0 aliphatic rings. The van der Waals surface area contributed by atoms with Gasteiger partial charge in [0.15, 0.2) is 0 Å². The van der Waals surface area contributed by atoms with Gasteiger partial charge in [-0.2, -0.15) is 0 Å². The molecule has 0 fully saturated rings. The highest BCUT2D eigenvalue weighted by Gasteiger charge is 2.03. The Morgan fingerprint density at radius 3 is 2.71 bits per heavy atom. The molecule has 0 saturated heterocycles. The maximum absolute atomic E-state index is 13.3. The van der Waals surface area contributed by atoms with Crippen LogP contribution in [0.15, 0.2) is 58.8 Å². The first-order chi connectivity index (χ1) is 8.02. The molecule has 0 aliphatic carbocycles. The van der Waals surface area contributed by atoms with Gasteiger partial charge in [-0.3, -0.25) is 0 Å². The van der Waals surface area contributed by atoms with E-state index in [9.17, 15) is 4.39 Å². The highest BCUT2D eigenvalue weighted by Crippen LogP contribution is 2.22. The summed E-state index contributed by atoms with van der Waals surface area (Å²) < 4.78 is 19.3. The fourth-order valence-electron chi connectivity index (χ4n) is 1.20. The summed E-state index contributed by atoms with van der Waals surface area (Å²) in [5.74, 6) is 0.732. The predicted octanol–water partition coefficient (Wildman–Crippen LogP) is 5.00. The number of hydrogen-bond acceptors (Lipinski definition) is 1. The third-order valence-corrected chi connectivity index (χ3v) is 2.49. The van der Waals surface area contributed by atoms with Gasteiger partial charge >= 0.3 is 0 Å². The van der Waals surface area contributed by atoms with Crippen molar-refractivity contribution in [2.45, 2.75) is 13.8 Å². The number of allylic oxidation sites excluding steroid dienone is 4. The quantitative estimate of drug-likeness (QED) is 0.561. The van der Waals surface area contributed by atoms with Crippen LogP contribution in [0.1, 0.15) is 13.8 Å². The van der Waals surface area contributed by atoms with Gasteiger partial charge in [-0.15, -0.1) is 0 Å². The zero-order valence-electron chi connectivity index (χ0n) is 9.84. The number of ether oxygens (including phenoxy) is 1. The van der Waals surface area contributed by atoms with Gasteiger partial charge in [0, 0.05) is 6.07 Å². The Labute approximate surface area is 109 Å². The maximum Gasteiger partial charge on any atom is 0.141 e. The van der Waals surface area contributed by atoms with Gasteiger partial charge in [-0.1, -0.05) is 18.2 Å². The molecule has 0 unspecified atom stereocenters. The molecule has 0 saturated carbocycles. The second kappa shape index (κ2) is 6.40. The second-order valence-electron chi connectivity index (χ2n) is 3.57. The Balaban J connectivity index is 2.94. The van der Waals surface area contributed by atoms with Crippen LogP contribution in [0.2, 0.25) is 0 Å². The average Bonchev–Trinajstić information content (AvgIpc) is 2.23. The van der Waals surface area contributed by atoms with Gasteiger partial charge in [-0.25, -0.2) is 4.39 Å².